The van der Waals surface area contributed by atoms with Gasteiger partial charge in [0.15, 0.2) is 0 Å². The van der Waals surface area contributed by atoms with Crippen LogP contribution in [0, 0.1) is 5.92 Å². The zero-order valence-corrected chi connectivity index (χ0v) is 16.3. The minimum absolute atomic E-state index is 0.0333. The molecular formula is C24H25OP. The van der Waals surface area contributed by atoms with E-state index in [0.717, 1.165) is 0 Å². The third-order valence-electron chi connectivity index (χ3n) is 4.65. The predicted octanol–water partition coefficient (Wildman–Crippen LogP) is 4.73. The Bertz CT molecular complexity index is 853. The third kappa shape index (κ3) is 4.06. The highest BCUT2D eigenvalue weighted by atomic mass is 31.2. The fraction of sp³-hybridized carbons (Fsp3) is 0.167. The van der Waals surface area contributed by atoms with E-state index in [1.807, 2.05) is 32.0 Å². The average Bonchev–Trinajstić information content (AvgIpc) is 2.69. The number of ketones is 1. The summed E-state index contributed by atoms with van der Waals surface area (Å²) in [5, 5.41) is 2.51. The molecule has 0 aliphatic rings. The number of rotatable bonds is 6. The highest BCUT2D eigenvalue weighted by Gasteiger charge is 2.26. The van der Waals surface area contributed by atoms with Crippen molar-refractivity contribution >= 4 is 29.1 Å². The van der Waals surface area contributed by atoms with E-state index >= 15 is 0 Å². The van der Waals surface area contributed by atoms with E-state index in [-0.39, 0.29) is 5.92 Å². The summed E-state index contributed by atoms with van der Waals surface area (Å²) < 4.78 is 0. The van der Waals surface area contributed by atoms with E-state index in [0.29, 0.717) is 11.9 Å². The number of carbonyl (C=O) groups is 1. The number of hydrogen-bond donors (Lipinski definition) is 0. The molecule has 3 rings (SSSR count). The maximum Gasteiger partial charge on any atom is 0.140 e. The molecule has 0 unspecified atom stereocenters. The van der Waals surface area contributed by atoms with Gasteiger partial charge < -0.3 is 0 Å². The molecule has 3 aromatic carbocycles. The zero-order valence-electron chi connectivity index (χ0n) is 15.4. The molecule has 0 aliphatic heterocycles. The van der Waals surface area contributed by atoms with Crippen molar-refractivity contribution in [3.8, 4) is 0 Å². The summed E-state index contributed by atoms with van der Waals surface area (Å²) in [6.07, 6.45) is 0.563. The second kappa shape index (κ2) is 8.34. The lowest BCUT2D eigenvalue weighted by molar-refractivity contribution is -0.119. The molecule has 0 bridgehead atoms. The van der Waals surface area contributed by atoms with E-state index in [9.17, 15) is 4.79 Å². The van der Waals surface area contributed by atoms with Gasteiger partial charge in [0.1, 0.15) is 5.78 Å². The molecule has 132 valence electrons. The fourth-order valence-electron chi connectivity index (χ4n) is 3.14. The normalized spacial score (nSPS) is 11.3. The highest BCUT2D eigenvalue weighted by molar-refractivity contribution is 7.89. The van der Waals surface area contributed by atoms with Crippen LogP contribution >= 0.6 is 6.89 Å². The largest absolute Gasteiger partial charge is 0.299 e. The van der Waals surface area contributed by atoms with Gasteiger partial charge in [-0.2, -0.15) is 0 Å². The lowest BCUT2D eigenvalue weighted by Crippen LogP contribution is -2.26. The lowest BCUT2D eigenvalue weighted by atomic mass is 10.1. The van der Waals surface area contributed by atoms with Crippen molar-refractivity contribution in [2.75, 3.05) is 6.16 Å². The molecule has 0 saturated heterocycles. The van der Waals surface area contributed by atoms with Crippen LogP contribution in [0.15, 0.2) is 91.0 Å². The summed E-state index contributed by atoms with van der Waals surface area (Å²) in [4.78, 5) is 12.9. The van der Waals surface area contributed by atoms with Crippen molar-refractivity contribution in [1.82, 2.24) is 0 Å². The Labute approximate surface area is 156 Å². The van der Waals surface area contributed by atoms with Gasteiger partial charge in [0.05, 0.1) is 0 Å². The topological polar surface area (TPSA) is 17.1 Å². The Hall–Kier alpha value is -2.37. The first-order valence-corrected chi connectivity index (χ1v) is 11.1. The molecule has 0 N–H and O–H groups in total. The maximum atomic E-state index is 12.9. The molecule has 2 heteroatoms. The summed E-state index contributed by atoms with van der Waals surface area (Å²) in [5.74, 6) is 2.71. The highest BCUT2D eigenvalue weighted by Crippen LogP contribution is 2.45. The van der Waals surface area contributed by atoms with Crippen molar-refractivity contribution in [1.29, 1.82) is 0 Å². The molecule has 0 atom stereocenters. The second-order valence-corrected chi connectivity index (χ2v) is 10.2. The van der Waals surface area contributed by atoms with Crippen LogP contribution in [-0.2, 0) is 4.79 Å². The molecule has 26 heavy (non-hydrogen) atoms. The number of hydrogen-bond acceptors (Lipinski definition) is 1. The molecule has 0 spiro atoms. The molecule has 3 aromatic rings. The number of carbonyl (C=O) groups excluding carboxylic acids is 1. The van der Waals surface area contributed by atoms with Crippen molar-refractivity contribution in [2.24, 2.45) is 5.92 Å². The summed E-state index contributed by atoms with van der Waals surface area (Å²) in [6.45, 7) is 1.98. The minimum Gasteiger partial charge on any atom is -0.299 e. The van der Waals surface area contributed by atoms with Crippen molar-refractivity contribution in [3.63, 3.8) is 0 Å². The van der Waals surface area contributed by atoms with Crippen LogP contribution in [-0.4, -0.2) is 17.7 Å². The predicted molar refractivity (Wildman–Crippen MR) is 115 cm³/mol. The van der Waals surface area contributed by atoms with Gasteiger partial charge in [-0.3, -0.25) is 4.79 Å². The van der Waals surface area contributed by atoms with Crippen LogP contribution < -0.4 is 10.6 Å². The molecule has 0 aliphatic carbocycles. The van der Waals surface area contributed by atoms with E-state index in [4.69, 9.17) is 0 Å². The Morgan fingerprint density at radius 1 is 0.769 bits per heavy atom. The number of Topliss-reactive ketones (excluding diaryl/α,β-unsaturated/α-hetero) is 1. The van der Waals surface area contributed by atoms with E-state index in [1.54, 1.807) is 0 Å². The van der Waals surface area contributed by atoms with Crippen molar-refractivity contribution < 1.29 is 4.79 Å². The molecule has 0 amide bonds. The van der Waals surface area contributed by atoms with Crippen LogP contribution in [0.1, 0.15) is 19.4 Å². The van der Waals surface area contributed by atoms with Gasteiger partial charge in [0.2, 0.25) is 0 Å². The smallest absolute Gasteiger partial charge is 0.140 e. The van der Waals surface area contributed by atoms with Gasteiger partial charge in [-0.15, -0.1) is 0 Å². The van der Waals surface area contributed by atoms with Crippen LogP contribution in [0.3, 0.4) is 0 Å². The number of benzene rings is 3. The Morgan fingerprint density at radius 3 is 1.62 bits per heavy atom. The van der Waals surface area contributed by atoms with Gasteiger partial charge in [-0.1, -0.05) is 105 Å². The second-order valence-electron chi connectivity index (χ2n) is 6.86. The SMILES string of the molecule is CC(C)C(=O)CP(=Cc1ccccc1)(c1ccccc1)c1ccccc1. The minimum atomic E-state index is -2.01. The van der Waals surface area contributed by atoms with Gasteiger partial charge in [0, 0.05) is 12.1 Å². The van der Waals surface area contributed by atoms with Crippen molar-refractivity contribution in [2.45, 2.75) is 13.8 Å². The molecule has 0 saturated carbocycles. The molecule has 0 heterocycles. The molecule has 0 fully saturated rings. The summed E-state index contributed by atoms with van der Waals surface area (Å²) >= 11 is 0. The van der Waals surface area contributed by atoms with E-state index in [1.165, 1.54) is 16.2 Å². The zero-order chi connectivity index (χ0) is 18.4. The summed E-state index contributed by atoms with van der Waals surface area (Å²) in [7, 11) is 0. The van der Waals surface area contributed by atoms with Crippen molar-refractivity contribution in [3.05, 3.63) is 96.6 Å². The van der Waals surface area contributed by atoms with Crippen LogP contribution in [0.2, 0.25) is 0 Å². The van der Waals surface area contributed by atoms with Gasteiger partial charge in [-0.25, -0.2) is 0 Å². The molecular weight excluding hydrogens is 335 g/mol. The van der Waals surface area contributed by atoms with E-state index < -0.39 is 6.89 Å². The first-order valence-electron chi connectivity index (χ1n) is 9.04. The molecule has 1 nitrogen and oxygen atoms in total. The summed E-state index contributed by atoms with van der Waals surface area (Å²) in [5.41, 5.74) is 1.17. The first-order chi connectivity index (χ1) is 12.6. The van der Waals surface area contributed by atoms with Gasteiger partial charge >= 0.3 is 0 Å². The first kappa shape index (κ1) is 18.4. The Balaban J connectivity index is 2.31. The Morgan fingerprint density at radius 2 is 1.19 bits per heavy atom. The maximum absolute atomic E-state index is 12.9. The standard InChI is InChI=1S/C24H25OP/c1-20(2)24(25)19-26(22-14-8-4-9-15-22,23-16-10-5-11-17-23)18-21-12-6-3-7-13-21/h3-18,20H,19H2,1-2H3. The lowest BCUT2D eigenvalue weighted by Gasteiger charge is -2.28. The van der Waals surface area contributed by atoms with Crippen LogP contribution in [0.25, 0.3) is 0 Å². The Kier molecular flexibility index (Phi) is 5.91. The monoisotopic (exact) mass is 360 g/mol. The molecule has 0 radical (unpaired) electrons. The van der Waals surface area contributed by atoms with E-state index in [2.05, 4.69) is 78.6 Å². The van der Waals surface area contributed by atoms with Gasteiger partial charge in [0.25, 0.3) is 0 Å². The molecule has 0 aromatic heterocycles. The average molecular weight is 360 g/mol. The quantitative estimate of drug-likeness (QED) is 0.581. The van der Waals surface area contributed by atoms with Gasteiger partial charge in [-0.05, 0) is 28.9 Å². The fourth-order valence-corrected chi connectivity index (χ4v) is 7.14. The van der Waals surface area contributed by atoms with Crippen LogP contribution in [0.4, 0.5) is 0 Å². The van der Waals surface area contributed by atoms with Crippen LogP contribution in [0.5, 0.6) is 0 Å². The third-order valence-corrected chi connectivity index (χ3v) is 8.64. The summed E-state index contributed by atoms with van der Waals surface area (Å²) in [6, 6.07) is 31.5.